The zero-order chi connectivity index (χ0) is 32.7. The molecule has 0 spiro atoms. The number of benzene rings is 3. The molecule has 0 bridgehead atoms. The average molecular weight is 661 g/mol. The number of nitrogens with zero attached hydrogens (tertiary/aromatic N) is 1. The minimum atomic E-state index is -1.42. The van der Waals surface area contributed by atoms with E-state index in [-0.39, 0.29) is 96.5 Å². The molecule has 0 aliphatic carbocycles. The van der Waals surface area contributed by atoms with Crippen LogP contribution in [0.25, 0.3) is 22.3 Å². The van der Waals surface area contributed by atoms with Crippen LogP contribution in [0.1, 0.15) is 71.3 Å². The van der Waals surface area contributed by atoms with Crippen molar-refractivity contribution in [1.82, 2.24) is 9.88 Å². The van der Waals surface area contributed by atoms with Crippen LogP contribution in [0.4, 0.5) is 4.39 Å². The van der Waals surface area contributed by atoms with E-state index in [2.05, 4.69) is 5.32 Å². The van der Waals surface area contributed by atoms with Crippen molar-refractivity contribution in [3.8, 4) is 22.3 Å². The van der Waals surface area contributed by atoms with E-state index < -0.39 is 42.3 Å². The van der Waals surface area contributed by atoms with E-state index in [1.54, 1.807) is 24.3 Å². The second kappa shape index (κ2) is 18.7. The molecule has 2 atom stereocenters. The van der Waals surface area contributed by atoms with Crippen molar-refractivity contribution < 1.29 is 98.3 Å². The van der Waals surface area contributed by atoms with E-state index in [1.165, 1.54) is 24.3 Å². The van der Waals surface area contributed by atoms with Gasteiger partial charge in [0, 0.05) is 41.8 Å². The Bertz CT molecular complexity index is 1660. The number of carboxylic acid groups (broad SMARTS) is 2. The molecule has 4 rings (SSSR count). The van der Waals surface area contributed by atoms with E-state index in [9.17, 15) is 39.2 Å². The number of aromatic nitrogens is 1. The van der Waals surface area contributed by atoms with Crippen molar-refractivity contribution in [2.75, 3.05) is 0 Å². The summed E-state index contributed by atoms with van der Waals surface area (Å²) in [4.78, 5) is 36.4. The van der Waals surface area contributed by atoms with Crippen molar-refractivity contribution in [1.29, 1.82) is 0 Å². The molecule has 0 aliphatic rings. The molecule has 1 amide bonds. The van der Waals surface area contributed by atoms with Gasteiger partial charge in [-0.2, -0.15) is 0 Å². The van der Waals surface area contributed by atoms with Gasteiger partial charge in [-0.05, 0) is 73.6 Å². The molecule has 47 heavy (non-hydrogen) atoms. The molecule has 3 aromatic carbocycles. The molecule has 1 aromatic heterocycles. The van der Waals surface area contributed by atoms with E-state index in [1.807, 2.05) is 48.7 Å². The Hall–Kier alpha value is -2.80. The zero-order valence-electron chi connectivity index (χ0n) is 27.0. The molecule has 12 heteroatoms. The Morgan fingerprint density at radius 1 is 0.851 bits per heavy atom. The first-order valence-corrected chi connectivity index (χ1v) is 14.7. The first-order valence-electron chi connectivity index (χ1n) is 14.7. The van der Waals surface area contributed by atoms with Crippen molar-refractivity contribution in [3.05, 3.63) is 107 Å². The molecule has 3 N–H and O–H groups in total. The minimum Gasteiger partial charge on any atom is -0.550 e. The number of amides is 1. The smallest absolute Gasteiger partial charge is 0.550 e. The van der Waals surface area contributed by atoms with E-state index in [0.29, 0.717) is 33.6 Å². The molecule has 9 nitrogen and oxygen atoms in total. The van der Waals surface area contributed by atoms with Crippen LogP contribution < -0.4 is 74.6 Å². The van der Waals surface area contributed by atoms with Gasteiger partial charge >= 0.3 is 59.1 Å². The fourth-order valence-corrected chi connectivity index (χ4v) is 5.58. The van der Waals surface area contributed by atoms with Gasteiger partial charge in [0.2, 0.25) is 0 Å². The first kappa shape index (κ1) is 40.4. The number of carbonyl (C=O) groups is 3. The monoisotopic (exact) mass is 660 g/mol. The van der Waals surface area contributed by atoms with E-state index >= 15 is 0 Å². The fourth-order valence-electron chi connectivity index (χ4n) is 5.58. The van der Waals surface area contributed by atoms with Gasteiger partial charge in [-0.1, -0.05) is 60.7 Å². The molecular formula is C35H35FN2Na2O7. The number of aliphatic hydroxyl groups is 2. The van der Waals surface area contributed by atoms with Gasteiger partial charge in [-0.3, -0.25) is 4.79 Å². The van der Waals surface area contributed by atoms with Crippen molar-refractivity contribution in [2.45, 2.75) is 64.3 Å². The third-order valence-electron chi connectivity index (χ3n) is 7.51. The summed E-state index contributed by atoms with van der Waals surface area (Å²) >= 11 is 0. The predicted molar refractivity (Wildman–Crippen MR) is 162 cm³/mol. The maximum Gasteiger partial charge on any atom is 1.00 e. The van der Waals surface area contributed by atoms with Gasteiger partial charge in [-0.25, -0.2) is 4.39 Å². The summed E-state index contributed by atoms with van der Waals surface area (Å²) in [6.45, 7) is 3.85. The number of aliphatic carboxylic acids is 1. The maximum absolute atomic E-state index is 14.1. The Balaban J connectivity index is 0.00000384. The molecule has 1 heterocycles. The third kappa shape index (κ3) is 10.6. The molecular weight excluding hydrogens is 625 g/mol. The summed E-state index contributed by atoms with van der Waals surface area (Å²) < 4.78 is 15.9. The van der Waals surface area contributed by atoms with Crippen LogP contribution in [0.3, 0.4) is 0 Å². The minimum absolute atomic E-state index is 0. The summed E-state index contributed by atoms with van der Waals surface area (Å²) in [5, 5.41) is 46.0. The Labute approximate surface area is 317 Å². The fraction of sp³-hybridized carbons (Fsp3) is 0.286. The van der Waals surface area contributed by atoms with Crippen molar-refractivity contribution in [2.24, 2.45) is 0 Å². The van der Waals surface area contributed by atoms with Gasteiger partial charge in [0.25, 0.3) is 5.91 Å². The Kier molecular flexibility index (Phi) is 16.0. The SMILES string of the molecule is CC(C)n1c(CC[C@@H](O)C[C@@H](O)CC(=O)[O-])c(-c2ccc(F)cc2)c(-c2ccccc2)c1C(=O)NCc1cccc(C(=O)[O-])c1.[Na+].[Na+]. The summed E-state index contributed by atoms with van der Waals surface area (Å²) in [7, 11) is 0. The molecule has 0 unspecified atom stereocenters. The summed E-state index contributed by atoms with van der Waals surface area (Å²) in [6, 6.07) is 21.0. The number of rotatable bonds is 14. The maximum atomic E-state index is 14.1. The van der Waals surface area contributed by atoms with Crippen molar-refractivity contribution >= 4 is 17.8 Å². The van der Waals surface area contributed by atoms with Gasteiger partial charge < -0.3 is 39.9 Å². The first-order chi connectivity index (χ1) is 21.5. The third-order valence-corrected chi connectivity index (χ3v) is 7.51. The van der Waals surface area contributed by atoms with Crippen LogP contribution in [-0.2, 0) is 17.8 Å². The van der Waals surface area contributed by atoms with Gasteiger partial charge in [0.05, 0.1) is 18.2 Å². The van der Waals surface area contributed by atoms with Gasteiger partial charge in [0.1, 0.15) is 11.5 Å². The number of carbonyl (C=O) groups excluding carboxylic acids is 3. The topological polar surface area (TPSA) is 155 Å². The predicted octanol–water partition coefficient (Wildman–Crippen LogP) is -2.97. The van der Waals surface area contributed by atoms with E-state index in [0.717, 1.165) is 5.56 Å². The summed E-state index contributed by atoms with van der Waals surface area (Å²) in [5.74, 6) is -3.61. The van der Waals surface area contributed by atoms with Crippen LogP contribution in [0.15, 0.2) is 78.9 Å². The van der Waals surface area contributed by atoms with Crippen molar-refractivity contribution in [3.63, 3.8) is 0 Å². The summed E-state index contributed by atoms with van der Waals surface area (Å²) in [6.07, 6.45) is -2.73. The number of aromatic carboxylic acids is 1. The largest absolute Gasteiger partial charge is 1.00 e. The molecule has 0 radical (unpaired) electrons. The molecule has 0 saturated carbocycles. The molecule has 0 fully saturated rings. The summed E-state index contributed by atoms with van der Waals surface area (Å²) in [5.41, 5.74) is 4.20. The van der Waals surface area contributed by atoms with Crippen LogP contribution in [-0.4, -0.2) is 44.8 Å². The Morgan fingerprint density at radius 3 is 2.09 bits per heavy atom. The van der Waals surface area contributed by atoms with Crippen LogP contribution >= 0.6 is 0 Å². The van der Waals surface area contributed by atoms with Crippen LogP contribution in [0.2, 0.25) is 0 Å². The number of carboxylic acids is 2. The zero-order valence-corrected chi connectivity index (χ0v) is 31.0. The number of hydrogen-bond acceptors (Lipinski definition) is 7. The molecule has 4 aromatic rings. The molecule has 236 valence electrons. The van der Waals surface area contributed by atoms with Gasteiger partial charge in [-0.15, -0.1) is 0 Å². The number of halogens is 1. The number of nitrogens with one attached hydrogen (secondary N) is 1. The number of hydrogen-bond donors (Lipinski definition) is 3. The van der Waals surface area contributed by atoms with Gasteiger partial charge in [0.15, 0.2) is 0 Å². The normalized spacial score (nSPS) is 12.0. The van der Waals surface area contributed by atoms with Crippen LogP contribution in [0, 0.1) is 5.82 Å². The van der Waals surface area contributed by atoms with Crippen LogP contribution in [0.5, 0.6) is 0 Å². The second-order valence-electron chi connectivity index (χ2n) is 11.2. The quantitative estimate of drug-likeness (QED) is 0.122. The Morgan fingerprint density at radius 2 is 1.49 bits per heavy atom. The van der Waals surface area contributed by atoms with E-state index in [4.69, 9.17) is 0 Å². The standard InChI is InChI=1S/C35H37FN2O7.2Na/c1-21(2)38-29(16-15-27(39)18-28(40)19-30(41)42)31(24-11-13-26(36)14-12-24)32(23-8-4-3-5-9-23)33(38)34(43)37-20-22-7-6-10-25(17-22)35(44)45;;/h3-14,17,21,27-28,39-40H,15-16,18-20H2,1-2H3,(H,37,43)(H,41,42)(H,44,45);;/q;2*+1/p-2/t27-,28-;;/m1../s1. The molecule has 0 aliphatic heterocycles. The molecule has 0 saturated heterocycles. The second-order valence-corrected chi connectivity index (χ2v) is 11.2. The average Bonchev–Trinajstić information content (AvgIpc) is 3.35. The number of aliphatic hydroxyl groups excluding tert-OH is 2.